The maximum absolute atomic E-state index is 7.49. The van der Waals surface area contributed by atoms with Gasteiger partial charge >= 0.3 is 0 Å². The van der Waals surface area contributed by atoms with Crippen LogP contribution in [-0.4, -0.2) is 25.2 Å². The van der Waals surface area contributed by atoms with Crippen LogP contribution < -0.4 is 10.5 Å². The molecule has 16 heavy (non-hydrogen) atoms. The molecule has 0 spiro atoms. The third-order valence-electron chi connectivity index (χ3n) is 2.61. The summed E-state index contributed by atoms with van der Waals surface area (Å²) >= 11 is 0. The van der Waals surface area contributed by atoms with E-state index in [9.17, 15) is 0 Å². The topological polar surface area (TPSA) is 68.3 Å². The van der Waals surface area contributed by atoms with Crippen LogP contribution in [0.1, 0.15) is 17.5 Å². The van der Waals surface area contributed by atoms with Gasteiger partial charge in [-0.05, 0) is 24.6 Å². The van der Waals surface area contributed by atoms with Gasteiger partial charge in [0.15, 0.2) is 0 Å². The first-order chi connectivity index (χ1) is 7.66. The first kappa shape index (κ1) is 11.0. The molecule has 0 saturated carbocycles. The second-order valence-corrected chi connectivity index (χ2v) is 4.02. The van der Waals surface area contributed by atoms with Crippen LogP contribution >= 0.6 is 0 Å². The smallest absolute Gasteiger partial charge is 0.131 e. The van der Waals surface area contributed by atoms with E-state index in [1.165, 1.54) is 0 Å². The Balaban J connectivity index is 2.22. The standard InChI is InChI=1S/C12H16N2O2/c1-8-2-3-10(12(13)14)11(6-8)16-9-4-5-15-7-9/h2-3,6,9H,4-5,7H2,1H3,(H3,13,14). The molecular formula is C12H16N2O2. The van der Waals surface area contributed by atoms with E-state index in [1.807, 2.05) is 25.1 Å². The molecule has 0 radical (unpaired) electrons. The fourth-order valence-electron chi connectivity index (χ4n) is 1.73. The van der Waals surface area contributed by atoms with Gasteiger partial charge in [0.1, 0.15) is 17.7 Å². The molecule has 1 aliphatic heterocycles. The largest absolute Gasteiger partial charge is 0.487 e. The van der Waals surface area contributed by atoms with Gasteiger partial charge in [-0.2, -0.15) is 0 Å². The van der Waals surface area contributed by atoms with Gasteiger partial charge in [0.05, 0.1) is 18.8 Å². The van der Waals surface area contributed by atoms with E-state index in [0.29, 0.717) is 17.9 Å². The van der Waals surface area contributed by atoms with Gasteiger partial charge in [-0.25, -0.2) is 0 Å². The highest BCUT2D eigenvalue weighted by Gasteiger charge is 2.19. The molecule has 1 saturated heterocycles. The van der Waals surface area contributed by atoms with Gasteiger partial charge in [0, 0.05) is 6.42 Å². The molecule has 0 aliphatic carbocycles. The van der Waals surface area contributed by atoms with Crippen LogP contribution in [0.4, 0.5) is 0 Å². The average molecular weight is 220 g/mol. The molecule has 1 aromatic carbocycles. The van der Waals surface area contributed by atoms with Gasteiger partial charge in [0.2, 0.25) is 0 Å². The highest BCUT2D eigenvalue weighted by Crippen LogP contribution is 2.23. The maximum Gasteiger partial charge on any atom is 0.131 e. The molecule has 1 aromatic rings. The normalized spacial score (nSPS) is 19.7. The summed E-state index contributed by atoms with van der Waals surface area (Å²) in [6.07, 6.45) is 0.977. The maximum atomic E-state index is 7.49. The number of aryl methyl sites for hydroxylation is 1. The molecule has 1 heterocycles. The monoisotopic (exact) mass is 220 g/mol. The zero-order valence-corrected chi connectivity index (χ0v) is 9.32. The number of nitrogens with one attached hydrogen (secondary N) is 1. The molecule has 0 aromatic heterocycles. The van der Waals surface area contributed by atoms with Crippen molar-refractivity contribution in [2.24, 2.45) is 5.73 Å². The molecular weight excluding hydrogens is 204 g/mol. The number of hydrogen-bond acceptors (Lipinski definition) is 3. The highest BCUT2D eigenvalue weighted by molar-refractivity contribution is 5.97. The van der Waals surface area contributed by atoms with Crippen LogP contribution in [0, 0.1) is 12.3 Å². The number of benzene rings is 1. The molecule has 0 bridgehead atoms. The van der Waals surface area contributed by atoms with Crippen molar-refractivity contribution in [3.05, 3.63) is 29.3 Å². The lowest BCUT2D eigenvalue weighted by Crippen LogP contribution is -2.19. The number of rotatable bonds is 3. The zero-order valence-electron chi connectivity index (χ0n) is 9.32. The van der Waals surface area contributed by atoms with Crippen molar-refractivity contribution in [2.45, 2.75) is 19.4 Å². The molecule has 3 N–H and O–H groups in total. The molecule has 2 rings (SSSR count). The molecule has 86 valence electrons. The third-order valence-corrected chi connectivity index (χ3v) is 2.61. The first-order valence-electron chi connectivity index (χ1n) is 5.36. The SMILES string of the molecule is Cc1ccc(C(=N)N)c(OC2CCOC2)c1. The molecule has 1 atom stereocenters. The van der Waals surface area contributed by atoms with Crippen LogP contribution in [-0.2, 0) is 4.74 Å². The Morgan fingerprint density at radius 3 is 3.00 bits per heavy atom. The van der Waals surface area contributed by atoms with E-state index in [0.717, 1.165) is 18.6 Å². The van der Waals surface area contributed by atoms with Crippen LogP contribution in [0.25, 0.3) is 0 Å². The van der Waals surface area contributed by atoms with E-state index < -0.39 is 0 Å². The predicted molar refractivity (Wildman–Crippen MR) is 62.0 cm³/mol. The Morgan fingerprint density at radius 1 is 1.56 bits per heavy atom. The second-order valence-electron chi connectivity index (χ2n) is 4.02. The van der Waals surface area contributed by atoms with Crippen molar-refractivity contribution >= 4 is 5.84 Å². The Morgan fingerprint density at radius 2 is 2.38 bits per heavy atom. The molecule has 1 aliphatic rings. The highest BCUT2D eigenvalue weighted by atomic mass is 16.5. The Kier molecular flexibility index (Phi) is 3.10. The minimum Gasteiger partial charge on any atom is -0.487 e. The summed E-state index contributed by atoms with van der Waals surface area (Å²) in [5, 5.41) is 7.49. The van der Waals surface area contributed by atoms with Crippen LogP contribution in [0.5, 0.6) is 5.75 Å². The van der Waals surface area contributed by atoms with Crippen LogP contribution in [0.3, 0.4) is 0 Å². The number of hydrogen-bond donors (Lipinski definition) is 2. The van der Waals surface area contributed by atoms with E-state index in [1.54, 1.807) is 0 Å². The fourth-order valence-corrected chi connectivity index (χ4v) is 1.73. The van der Waals surface area contributed by atoms with Crippen LogP contribution in [0.15, 0.2) is 18.2 Å². The molecule has 4 nitrogen and oxygen atoms in total. The van der Waals surface area contributed by atoms with Gasteiger partial charge in [-0.15, -0.1) is 0 Å². The number of ether oxygens (including phenoxy) is 2. The van der Waals surface area contributed by atoms with Gasteiger partial charge in [-0.3, -0.25) is 5.41 Å². The Hall–Kier alpha value is -1.55. The summed E-state index contributed by atoms with van der Waals surface area (Å²) in [6, 6.07) is 5.66. The number of nitrogens with two attached hydrogens (primary N) is 1. The van der Waals surface area contributed by atoms with Gasteiger partial charge < -0.3 is 15.2 Å². The summed E-state index contributed by atoms with van der Waals surface area (Å²) in [6.45, 7) is 3.35. The summed E-state index contributed by atoms with van der Waals surface area (Å²) < 4.78 is 11.1. The lowest BCUT2D eigenvalue weighted by atomic mass is 10.1. The van der Waals surface area contributed by atoms with Crippen molar-refractivity contribution in [3.63, 3.8) is 0 Å². The van der Waals surface area contributed by atoms with Crippen LogP contribution in [0.2, 0.25) is 0 Å². The van der Waals surface area contributed by atoms with Crippen molar-refractivity contribution in [2.75, 3.05) is 13.2 Å². The minimum atomic E-state index is 0.0360. The lowest BCUT2D eigenvalue weighted by molar-refractivity contribution is 0.141. The van der Waals surface area contributed by atoms with E-state index in [4.69, 9.17) is 20.6 Å². The van der Waals surface area contributed by atoms with Crippen molar-refractivity contribution in [3.8, 4) is 5.75 Å². The quantitative estimate of drug-likeness (QED) is 0.598. The minimum absolute atomic E-state index is 0.0360. The van der Waals surface area contributed by atoms with E-state index >= 15 is 0 Å². The first-order valence-corrected chi connectivity index (χ1v) is 5.36. The van der Waals surface area contributed by atoms with E-state index in [-0.39, 0.29) is 11.9 Å². The summed E-state index contributed by atoms with van der Waals surface area (Å²) in [5.74, 6) is 0.719. The van der Waals surface area contributed by atoms with E-state index in [2.05, 4.69) is 0 Å². The molecule has 1 fully saturated rings. The summed E-state index contributed by atoms with van der Waals surface area (Å²) in [4.78, 5) is 0. The number of nitrogen functional groups attached to an aromatic ring is 1. The zero-order chi connectivity index (χ0) is 11.5. The molecule has 0 amide bonds. The second kappa shape index (κ2) is 4.53. The Labute approximate surface area is 94.9 Å². The van der Waals surface area contributed by atoms with Crippen molar-refractivity contribution in [1.82, 2.24) is 0 Å². The predicted octanol–water partition coefficient (Wildman–Crippen LogP) is 1.45. The van der Waals surface area contributed by atoms with Crippen molar-refractivity contribution < 1.29 is 9.47 Å². The third kappa shape index (κ3) is 2.33. The summed E-state index contributed by atoms with van der Waals surface area (Å²) in [5.41, 5.74) is 7.26. The van der Waals surface area contributed by atoms with Crippen molar-refractivity contribution in [1.29, 1.82) is 5.41 Å². The van der Waals surface area contributed by atoms with Gasteiger partial charge in [0.25, 0.3) is 0 Å². The Bertz CT molecular complexity index is 398. The molecule has 4 heteroatoms. The molecule has 1 unspecified atom stereocenters. The number of amidine groups is 1. The lowest BCUT2D eigenvalue weighted by Gasteiger charge is -2.15. The fraction of sp³-hybridized carbons (Fsp3) is 0.417. The van der Waals surface area contributed by atoms with Gasteiger partial charge in [-0.1, -0.05) is 6.07 Å². The average Bonchev–Trinajstić information content (AvgIpc) is 2.70. The summed E-state index contributed by atoms with van der Waals surface area (Å²) in [7, 11) is 0.